The van der Waals surface area contributed by atoms with Crippen LogP contribution in [0.1, 0.15) is 10.4 Å². The van der Waals surface area contributed by atoms with Gasteiger partial charge in [-0.2, -0.15) is 0 Å². The first kappa shape index (κ1) is 17.3. The highest BCUT2D eigenvalue weighted by Gasteiger charge is 2.14. The summed E-state index contributed by atoms with van der Waals surface area (Å²) in [7, 11) is 0. The lowest BCUT2D eigenvalue weighted by molar-refractivity contribution is -0.121. The first-order chi connectivity index (χ1) is 12.6. The van der Waals surface area contributed by atoms with Crippen molar-refractivity contribution in [2.24, 2.45) is 0 Å². The Kier molecular flexibility index (Phi) is 5.33. The highest BCUT2D eigenvalue weighted by atomic mass is 16.6. The van der Waals surface area contributed by atoms with E-state index in [0.717, 1.165) is 0 Å². The second-order valence-electron chi connectivity index (χ2n) is 5.34. The van der Waals surface area contributed by atoms with Gasteiger partial charge < -0.3 is 19.5 Å². The van der Waals surface area contributed by atoms with Crippen LogP contribution in [0, 0.1) is 0 Å². The van der Waals surface area contributed by atoms with Crippen molar-refractivity contribution < 1.29 is 28.6 Å². The molecular formula is C18H16N2O6. The summed E-state index contributed by atoms with van der Waals surface area (Å²) in [6.07, 6.45) is 0.707. The molecule has 0 saturated carbocycles. The summed E-state index contributed by atoms with van der Waals surface area (Å²) in [5.74, 6) is 0.937. The lowest BCUT2D eigenvalue weighted by atomic mass is 10.2. The van der Waals surface area contributed by atoms with Crippen molar-refractivity contribution in [1.82, 2.24) is 5.32 Å². The molecule has 0 bridgehead atoms. The molecule has 2 N–H and O–H groups in total. The number of amides is 3. The molecular weight excluding hydrogens is 340 g/mol. The third-order valence-corrected chi connectivity index (χ3v) is 3.44. The summed E-state index contributed by atoms with van der Waals surface area (Å²) in [6, 6.07) is 10.5. The second-order valence-corrected chi connectivity index (χ2v) is 5.34. The van der Waals surface area contributed by atoms with Crippen LogP contribution in [0.25, 0.3) is 0 Å². The fraction of sp³-hybridized carbons (Fsp3) is 0.167. The fourth-order valence-corrected chi connectivity index (χ4v) is 2.24. The molecule has 2 aromatic rings. The summed E-state index contributed by atoms with van der Waals surface area (Å²) in [5.41, 5.74) is 0.963. The Balaban J connectivity index is 1.48. The molecule has 8 heteroatoms. The zero-order chi connectivity index (χ0) is 18.4. The molecule has 26 heavy (non-hydrogen) atoms. The number of carbonyl (C=O) groups is 3. The molecule has 1 heterocycles. The van der Waals surface area contributed by atoms with Crippen LogP contribution in [0.4, 0.5) is 10.5 Å². The summed E-state index contributed by atoms with van der Waals surface area (Å²) >= 11 is 0. The number of imide groups is 1. The molecule has 0 atom stereocenters. The zero-order valence-corrected chi connectivity index (χ0v) is 13.7. The number of ether oxygens (including phenoxy) is 3. The smallest absolute Gasteiger partial charge is 0.325 e. The number of fused-ring (bicyclic) bond motifs is 1. The monoisotopic (exact) mass is 356 g/mol. The van der Waals surface area contributed by atoms with Crippen LogP contribution in [-0.4, -0.2) is 38.0 Å². The Bertz CT molecular complexity index is 819. The van der Waals surface area contributed by atoms with Crippen LogP contribution in [0.3, 0.4) is 0 Å². The lowest BCUT2D eigenvalue weighted by Gasteiger charge is -2.19. The molecule has 134 valence electrons. The molecule has 3 rings (SSSR count). The van der Waals surface area contributed by atoms with Crippen molar-refractivity contribution in [3.63, 3.8) is 0 Å². The average molecular weight is 356 g/mol. The summed E-state index contributed by atoms with van der Waals surface area (Å²) in [4.78, 5) is 34.2. The van der Waals surface area contributed by atoms with Crippen molar-refractivity contribution in [2.45, 2.75) is 0 Å². The summed E-state index contributed by atoms with van der Waals surface area (Å²) < 4.78 is 16.1. The van der Waals surface area contributed by atoms with E-state index in [0.29, 0.717) is 48.0 Å². The predicted octanol–water partition coefficient (Wildman–Crippen LogP) is 2.00. The first-order valence-electron chi connectivity index (χ1n) is 7.82. The van der Waals surface area contributed by atoms with E-state index < -0.39 is 11.9 Å². The van der Waals surface area contributed by atoms with E-state index >= 15 is 0 Å². The van der Waals surface area contributed by atoms with Crippen LogP contribution in [0.5, 0.6) is 17.2 Å². The molecule has 0 spiro atoms. The van der Waals surface area contributed by atoms with Gasteiger partial charge in [-0.05, 0) is 36.4 Å². The minimum absolute atomic E-state index is 0.338. The minimum atomic E-state index is -0.688. The van der Waals surface area contributed by atoms with Crippen molar-refractivity contribution in [3.8, 4) is 17.2 Å². The third kappa shape index (κ3) is 4.50. The van der Waals surface area contributed by atoms with Crippen LogP contribution >= 0.6 is 0 Å². The van der Waals surface area contributed by atoms with Gasteiger partial charge in [-0.1, -0.05) is 0 Å². The highest BCUT2D eigenvalue weighted by Crippen LogP contribution is 2.32. The quantitative estimate of drug-likeness (QED) is 0.795. The Morgan fingerprint density at radius 1 is 1.04 bits per heavy atom. The molecule has 0 saturated heterocycles. The maximum atomic E-state index is 11.9. The lowest BCUT2D eigenvalue weighted by Crippen LogP contribution is -2.37. The molecule has 3 amide bonds. The van der Waals surface area contributed by atoms with Crippen molar-refractivity contribution in [1.29, 1.82) is 0 Å². The van der Waals surface area contributed by atoms with Gasteiger partial charge in [0.15, 0.2) is 18.1 Å². The number of anilines is 1. The van der Waals surface area contributed by atoms with E-state index in [9.17, 15) is 14.4 Å². The number of benzene rings is 2. The Hall–Kier alpha value is -3.55. The molecule has 2 aromatic carbocycles. The Morgan fingerprint density at radius 2 is 1.77 bits per heavy atom. The zero-order valence-electron chi connectivity index (χ0n) is 13.7. The number of rotatable bonds is 5. The first-order valence-corrected chi connectivity index (χ1v) is 7.82. The van der Waals surface area contributed by atoms with Gasteiger partial charge >= 0.3 is 6.03 Å². The molecule has 0 radical (unpaired) electrons. The molecule has 0 aromatic heterocycles. The highest BCUT2D eigenvalue weighted by molar-refractivity contribution is 6.01. The van der Waals surface area contributed by atoms with Gasteiger partial charge in [0, 0.05) is 17.3 Å². The van der Waals surface area contributed by atoms with Crippen molar-refractivity contribution in [3.05, 3.63) is 48.0 Å². The number of carbonyl (C=O) groups excluding carboxylic acids is 3. The Morgan fingerprint density at radius 3 is 2.50 bits per heavy atom. The molecule has 1 aliphatic rings. The Labute approximate surface area is 149 Å². The van der Waals surface area contributed by atoms with Crippen molar-refractivity contribution >= 4 is 23.9 Å². The fourth-order valence-electron chi connectivity index (χ4n) is 2.24. The van der Waals surface area contributed by atoms with Gasteiger partial charge in [0.2, 0.25) is 0 Å². The van der Waals surface area contributed by atoms with E-state index in [1.165, 1.54) is 0 Å². The van der Waals surface area contributed by atoms with Gasteiger partial charge in [0.1, 0.15) is 25.2 Å². The summed E-state index contributed by atoms with van der Waals surface area (Å²) in [5, 5.41) is 4.69. The van der Waals surface area contributed by atoms with E-state index in [1.54, 1.807) is 42.5 Å². The number of urea groups is 1. The van der Waals surface area contributed by atoms with E-state index in [4.69, 9.17) is 14.2 Å². The van der Waals surface area contributed by atoms with E-state index in [-0.39, 0.29) is 6.61 Å². The van der Waals surface area contributed by atoms with Gasteiger partial charge in [-0.25, -0.2) is 4.79 Å². The van der Waals surface area contributed by atoms with Gasteiger partial charge in [0.25, 0.3) is 5.91 Å². The van der Waals surface area contributed by atoms with Crippen LogP contribution < -0.4 is 24.8 Å². The third-order valence-electron chi connectivity index (χ3n) is 3.44. The summed E-state index contributed by atoms with van der Waals surface area (Å²) in [6.45, 7) is 0.577. The van der Waals surface area contributed by atoms with E-state index in [2.05, 4.69) is 10.6 Å². The van der Waals surface area contributed by atoms with Gasteiger partial charge in [0.05, 0.1) is 0 Å². The largest absolute Gasteiger partial charge is 0.486 e. The standard InChI is InChI=1S/C18H16N2O6/c21-10-12-1-4-14(5-2-12)26-11-17(22)20-18(23)19-13-3-6-15-16(9-13)25-8-7-24-15/h1-6,9-10H,7-8,11H2,(H2,19,20,22,23). The molecule has 0 unspecified atom stereocenters. The predicted molar refractivity (Wildman–Crippen MR) is 91.9 cm³/mol. The SMILES string of the molecule is O=Cc1ccc(OCC(=O)NC(=O)Nc2ccc3c(c2)OCCO3)cc1. The topological polar surface area (TPSA) is 103 Å². The molecule has 1 aliphatic heterocycles. The number of hydrogen-bond donors (Lipinski definition) is 2. The van der Waals surface area contributed by atoms with E-state index in [1.807, 2.05) is 0 Å². The average Bonchev–Trinajstić information content (AvgIpc) is 2.66. The normalized spacial score (nSPS) is 12.0. The molecule has 0 fully saturated rings. The number of hydrogen-bond acceptors (Lipinski definition) is 6. The van der Waals surface area contributed by atoms with Gasteiger partial charge in [-0.15, -0.1) is 0 Å². The van der Waals surface area contributed by atoms with Gasteiger partial charge in [-0.3, -0.25) is 14.9 Å². The van der Waals surface area contributed by atoms with Crippen LogP contribution in [0.15, 0.2) is 42.5 Å². The number of aldehydes is 1. The number of nitrogens with one attached hydrogen (secondary N) is 2. The minimum Gasteiger partial charge on any atom is -0.486 e. The van der Waals surface area contributed by atoms with Crippen LogP contribution in [0.2, 0.25) is 0 Å². The van der Waals surface area contributed by atoms with Crippen molar-refractivity contribution in [2.75, 3.05) is 25.1 Å². The molecule has 0 aliphatic carbocycles. The maximum absolute atomic E-state index is 11.9. The maximum Gasteiger partial charge on any atom is 0.325 e. The molecule has 8 nitrogen and oxygen atoms in total. The van der Waals surface area contributed by atoms with Crippen LogP contribution in [-0.2, 0) is 4.79 Å². The second kappa shape index (κ2) is 8.02.